The van der Waals surface area contributed by atoms with Crippen molar-refractivity contribution in [3.63, 3.8) is 0 Å². The van der Waals surface area contributed by atoms with Crippen molar-refractivity contribution in [3.8, 4) is 11.5 Å². The van der Waals surface area contributed by atoms with Gasteiger partial charge in [0.05, 0.1) is 0 Å². The summed E-state index contributed by atoms with van der Waals surface area (Å²) in [5.41, 5.74) is 3.44. The largest absolute Gasteiger partial charge is 0.508 e. The lowest BCUT2D eigenvalue weighted by Gasteiger charge is -1.97. The maximum Gasteiger partial charge on any atom is 0.150 e. The highest BCUT2D eigenvalue weighted by Crippen LogP contribution is 2.16. The summed E-state index contributed by atoms with van der Waals surface area (Å²) < 4.78 is 0. The third-order valence-electron chi connectivity index (χ3n) is 2.71. The van der Waals surface area contributed by atoms with Crippen LogP contribution in [0.2, 0.25) is 0 Å². The van der Waals surface area contributed by atoms with Crippen LogP contribution in [-0.2, 0) is 0 Å². The molecule has 0 aromatic heterocycles. The molecule has 0 aliphatic carbocycles. The summed E-state index contributed by atoms with van der Waals surface area (Å²) in [6.45, 7) is 5.65. The number of benzene rings is 2. The first-order chi connectivity index (χ1) is 8.93. The number of hydrogen-bond donors (Lipinski definition) is 2. The minimum atomic E-state index is 0.227. The lowest BCUT2D eigenvalue weighted by Crippen LogP contribution is -1.80. The highest BCUT2D eigenvalue weighted by molar-refractivity contribution is 5.75. The molecule has 2 aromatic rings. The molecule has 19 heavy (non-hydrogen) atoms. The van der Waals surface area contributed by atoms with E-state index in [9.17, 15) is 4.79 Å². The van der Waals surface area contributed by atoms with Gasteiger partial charge in [-0.05, 0) is 56.2 Å². The predicted octanol–water partition coefficient (Wildman–Crippen LogP) is 3.52. The maximum absolute atomic E-state index is 10.2. The van der Waals surface area contributed by atoms with Crippen LogP contribution >= 0.6 is 0 Å². The lowest BCUT2D eigenvalue weighted by molar-refractivity contribution is 0.112. The molecule has 0 amide bonds. The smallest absolute Gasteiger partial charge is 0.150 e. The topological polar surface area (TPSA) is 57.5 Å². The van der Waals surface area contributed by atoms with Gasteiger partial charge >= 0.3 is 0 Å². The Morgan fingerprint density at radius 3 is 1.79 bits per heavy atom. The second-order valence-corrected chi connectivity index (χ2v) is 4.45. The fourth-order valence-electron chi connectivity index (χ4n) is 1.56. The van der Waals surface area contributed by atoms with Gasteiger partial charge in [0, 0.05) is 5.56 Å². The number of aldehydes is 1. The standard InChI is InChI=1S/C8H8O2.C8H10O/c1-6-4-7(5-9)2-3-8(6)10;1-6-3-4-8(9)7(2)5-6/h2-5,10H,1H3;3-5,9H,1-2H3. The molecule has 0 spiro atoms. The van der Waals surface area contributed by atoms with Crippen LogP contribution < -0.4 is 0 Å². The van der Waals surface area contributed by atoms with Gasteiger partial charge in [0.1, 0.15) is 17.8 Å². The van der Waals surface area contributed by atoms with Crippen molar-refractivity contribution in [2.24, 2.45) is 0 Å². The van der Waals surface area contributed by atoms with Gasteiger partial charge < -0.3 is 10.2 Å². The second-order valence-electron chi connectivity index (χ2n) is 4.45. The summed E-state index contributed by atoms with van der Waals surface area (Å²) in [6, 6.07) is 10.3. The van der Waals surface area contributed by atoms with Gasteiger partial charge in [0.25, 0.3) is 0 Å². The summed E-state index contributed by atoms with van der Waals surface area (Å²) in [5, 5.41) is 18.1. The van der Waals surface area contributed by atoms with Crippen molar-refractivity contribution in [2.45, 2.75) is 20.8 Å². The maximum atomic E-state index is 10.2. The molecular formula is C16H18O3. The summed E-state index contributed by atoms with van der Waals surface area (Å²) in [6.07, 6.45) is 0.756. The number of rotatable bonds is 1. The average molecular weight is 258 g/mol. The molecule has 2 aromatic carbocycles. The van der Waals surface area contributed by atoms with Gasteiger partial charge in [-0.25, -0.2) is 0 Å². The number of phenols is 2. The molecule has 100 valence electrons. The Morgan fingerprint density at radius 2 is 1.37 bits per heavy atom. The molecule has 0 saturated heterocycles. The molecule has 0 aliphatic heterocycles. The Kier molecular flexibility index (Phi) is 5.12. The Balaban J connectivity index is 0.000000191. The summed E-state index contributed by atoms with van der Waals surface area (Å²) >= 11 is 0. The number of aromatic hydroxyl groups is 2. The molecule has 0 saturated carbocycles. The first-order valence-corrected chi connectivity index (χ1v) is 5.95. The molecular weight excluding hydrogens is 240 g/mol. The van der Waals surface area contributed by atoms with E-state index in [4.69, 9.17) is 10.2 Å². The number of carbonyl (C=O) groups is 1. The normalized spacial score (nSPS) is 9.42. The van der Waals surface area contributed by atoms with Gasteiger partial charge in [-0.3, -0.25) is 4.79 Å². The molecule has 0 radical (unpaired) electrons. The van der Waals surface area contributed by atoms with E-state index >= 15 is 0 Å². The Bertz CT molecular complexity index is 574. The summed E-state index contributed by atoms with van der Waals surface area (Å²) in [4.78, 5) is 10.2. The highest BCUT2D eigenvalue weighted by Gasteiger charge is 1.95. The molecule has 3 heteroatoms. The molecule has 2 N–H and O–H groups in total. The monoisotopic (exact) mass is 258 g/mol. The number of hydrogen-bond acceptors (Lipinski definition) is 3. The van der Waals surface area contributed by atoms with Crippen LogP contribution in [0.15, 0.2) is 36.4 Å². The first kappa shape index (κ1) is 14.8. The van der Waals surface area contributed by atoms with Crippen molar-refractivity contribution in [2.75, 3.05) is 0 Å². The fraction of sp³-hybridized carbons (Fsp3) is 0.188. The van der Waals surface area contributed by atoms with E-state index in [1.54, 1.807) is 25.1 Å². The van der Waals surface area contributed by atoms with Gasteiger partial charge in [0.2, 0.25) is 0 Å². The molecule has 0 aliphatic rings. The summed E-state index contributed by atoms with van der Waals surface area (Å²) in [5.74, 6) is 0.603. The van der Waals surface area contributed by atoms with Crippen LogP contribution in [0.5, 0.6) is 11.5 Å². The van der Waals surface area contributed by atoms with Gasteiger partial charge in [-0.2, -0.15) is 0 Å². The quantitative estimate of drug-likeness (QED) is 0.769. The number of aryl methyl sites for hydroxylation is 3. The van der Waals surface area contributed by atoms with Gasteiger partial charge in [0.15, 0.2) is 0 Å². The minimum Gasteiger partial charge on any atom is -0.508 e. The third-order valence-corrected chi connectivity index (χ3v) is 2.71. The summed E-state index contributed by atoms with van der Waals surface area (Å²) in [7, 11) is 0. The minimum absolute atomic E-state index is 0.227. The number of phenolic OH excluding ortho intramolecular Hbond substituents is 2. The van der Waals surface area contributed by atoms with Crippen molar-refractivity contribution in [1.29, 1.82) is 0 Å². The Morgan fingerprint density at radius 1 is 0.842 bits per heavy atom. The fourth-order valence-corrected chi connectivity index (χ4v) is 1.56. The first-order valence-electron chi connectivity index (χ1n) is 5.95. The molecule has 0 unspecified atom stereocenters. The van der Waals surface area contributed by atoms with E-state index in [1.165, 1.54) is 11.6 Å². The van der Waals surface area contributed by atoms with Crippen LogP contribution in [0.4, 0.5) is 0 Å². The van der Waals surface area contributed by atoms with Crippen LogP contribution in [0.3, 0.4) is 0 Å². The SMILES string of the molecule is Cc1cc(C=O)ccc1O.Cc1ccc(O)c(C)c1. The average Bonchev–Trinajstić information content (AvgIpc) is 2.38. The van der Waals surface area contributed by atoms with Crippen LogP contribution in [0, 0.1) is 20.8 Å². The van der Waals surface area contributed by atoms with Gasteiger partial charge in [-0.15, -0.1) is 0 Å². The van der Waals surface area contributed by atoms with E-state index < -0.39 is 0 Å². The molecule has 2 rings (SSSR count). The Hall–Kier alpha value is -2.29. The van der Waals surface area contributed by atoms with E-state index in [0.29, 0.717) is 11.3 Å². The predicted molar refractivity (Wildman–Crippen MR) is 75.8 cm³/mol. The molecule has 0 fully saturated rings. The number of carbonyl (C=O) groups excluding carboxylic acids is 1. The van der Waals surface area contributed by atoms with Crippen molar-refractivity contribution < 1.29 is 15.0 Å². The highest BCUT2D eigenvalue weighted by atomic mass is 16.3. The Labute approximate surface area is 113 Å². The molecule has 0 bridgehead atoms. The zero-order valence-electron chi connectivity index (χ0n) is 11.3. The van der Waals surface area contributed by atoms with Crippen molar-refractivity contribution >= 4 is 6.29 Å². The molecule has 3 nitrogen and oxygen atoms in total. The zero-order valence-corrected chi connectivity index (χ0v) is 11.3. The van der Waals surface area contributed by atoms with Gasteiger partial charge in [-0.1, -0.05) is 17.7 Å². The van der Waals surface area contributed by atoms with Crippen LogP contribution in [-0.4, -0.2) is 16.5 Å². The third kappa shape index (κ3) is 4.47. The van der Waals surface area contributed by atoms with E-state index in [0.717, 1.165) is 17.4 Å². The van der Waals surface area contributed by atoms with E-state index in [1.807, 2.05) is 26.0 Å². The van der Waals surface area contributed by atoms with E-state index in [-0.39, 0.29) is 5.75 Å². The zero-order chi connectivity index (χ0) is 14.4. The van der Waals surface area contributed by atoms with Crippen molar-refractivity contribution in [1.82, 2.24) is 0 Å². The second kappa shape index (κ2) is 6.59. The lowest BCUT2D eigenvalue weighted by atomic mass is 10.1. The molecule has 0 atom stereocenters. The van der Waals surface area contributed by atoms with Crippen LogP contribution in [0.1, 0.15) is 27.0 Å². The molecule has 0 heterocycles. The van der Waals surface area contributed by atoms with E-state index in [2.05, 4.69) is 0 Å². The van der Waals surface area contributed by atoms with Crippen LogP contribution in [0.25, 0.3) is 0 Å². The van der Waals surface area contributed by atoms with Crippen molar-refractivity contribution in [3.05, 3.63) is 58.7 Å².